The fourth-order valence-corrected chi connectivity index (χ4v) is 2.85. The lowest BCUT2D eigenvalue weighted by Crippen LogP contribution is -2.22. The van der Waals surface area contributed by atoms with E-state index in [1.54, 1.807) is 60.8 Å². The minimum absolute atomic E-state index is 0.164. The van der Waals surface area contributed by atoms with Gasteiger partial charge in [-0.3, -0.25) is 0 Å². The van der Waals surface area contributed by atoms with E-state index in [1.165, 1.54) is 0 Å². The molecule has 0 aliphatic rings. The number of aliphatic imine (C=N–C) groups is 1. The zero-order valence-electron chi connectivity index (χ0n) is 14.0. The molecule has 2 aromatic carbocycles. The summed E-state index contributed by atoms with van der Waals surface area (Å²) < 4.78 is 5.81. The maximum Gasteiger partial charge on any atom is 0.200 e. The van der Waals surface area contributed by atoms with E-state index in [4.69, 9.17) is 45.3 Å². The van der Waals surface area contributed by atoms with Crippen molar-refractivity contribution in [3.63, 3.8) is 0 Å². The number of nitrogens with zero attached hydrogens (tertiary/aromatic N) is 2. The molecular formula is C19H15Cl3N4O. The molecule has 0 unspecified atom stereocenters. The van der Waals surface area contributed by atoms with Crippen LogP contribution in [0.1, 0.15) is 5.56 Å². The van der Waals surface area contributed by atoms with Crippen molar-refractivity contribution in [1.29, 1.82) is 0 Å². The number of guanidine groups is 1. The van der Waals surface area contributed by atoms with Crippen LogP contribution in [0.2, 0.25) is 15.1 Å². The largest absolute Gasteiger partial charge is 0.485 e. The van der Waals surface area contributed by atoms with Gasteiger partial charge < -0.3 is 15.8 Å². The molecule has 5 nitrogen and oxygen atoms in total. The summed E-state index contributed by atoms with van der Waals surface area (Å²) in [4.78, 5) is 8.49. The first kappa shape index (κ1) is 19.3. The van der Waals surface area contributed by atoms with E-state index in [2.05, 4.69) is 15.3 Å². The Bertz CT molecular complexity index is 941. The van der Waals surface area contributed by atoms with E-state index in [0.717, 1.165) is 5.69 Å². The standard InChI is InChI=1S/C19H15Cl3N4O/c20-12-6-8-13(9-7-12)25-19(23)26-18-17(5-2-10-24-18)27-11-14-15(21)3-1-4-16(14)22/h1-10H,11H2,(H3,23,24,25,26). The number of anilines is 1. The quantitative estimate of drug-likeness (QED) is 0.411. The van der Waals surface area contributed by atoms with Gasteiger partial charge in [-0.15, -0.1) is 0 Å². The molecule has 0 fully saturated rings. The normalized spacial score (nSPS) is 11.3. The zero-order chi connectivity index (χ0) is 19.2. The Hall–Kier alpha value is -2.47. The minimum Gasteiger partial charge on any atom is -0.485 e. The van der Waals surface area contributed by atoms with Crippen molar-refractivity contribution < 1.29 is 4.74 Å². The van der Waals surface area contributed by atoms with Crippen molar-refractivity contribution in [2.24, 2.45) is 10.7 Å². The Balaban J connectivity index is 1.76. The number of nitrogens with one attached hydrogen (secondary N) is 1. The molecule has 3 rings (SSSR count). The number of pyridine rings is 1. The average molecular weight is 422 g/mol. The third-order valence-corrected chi connectivity index (χ3v) is 4.49. The molecule has 0 saturated carbocycles. The monoisotopic (exact) mass is 420 g/mol. The van der Waals surface area contributed by atoms with Gasteiger partial charge in [0.25, 0.3) is 0 Å². The van der Waals surface area contributed by atoms with Crippen molar-refractivity contribution in [3.05, 3.63) is 81.4 Å². The fraction of sp³-hybridized carbons (Fsp3) is 0.0526. The summed E-state index contributed by atoms with van der Waals surface area (Å²) in [5.41, 5.74) is 7.41. The highest BCUT2D eigenvalue weighted by Crippen LogP contribution is 2.29. The maximum absolute atomic E-state index is 6.17. The van der Waals surface area contributed by atoms with Gasteiger partial charge in [0, 0.05) is 32.5 Å². The van der Waals surface area contributed by atoms with Crippen molar-refractivity contribution in [2.75, 3.05) is 5.32 Å². The molecule has 0 radical (unpaired) electrons. The van der Waals surface area contributed by atoms with Crippen LogP contribution in [0.3, 0.4) is 0 Å². The van der Waals surface area contributed by atoms with E-state index >= 15 is 0 Å². The summed E-state index contributed by atoms with van der Waals surface area (Å²) in [5.74, 6) is 0.950. The summed E-state index contributed by atoms with van der Waals surface area (Å²) in [5, 5.41) is 4.66. The summed E-state index contributed by atoms with van der Waals surface area (Å²) in [7, 11) is 0. The summed E-state index contributed by atoms with van der Waals surface area (Å²) >= 11 is 18.2. The topological polar surface area (TPSA) is 72.5 Å². The lowest BCUT2D eigenvalue weighted by molar-refractivity contribution is 0.306. The smallest absolute Gasteiger partial charge is 0.200 e. The number of aromatic nitrogens is 1. The van der Waals surface area contributed by atoms with Gasteiger partial charge in [0.05, 0.1) is 0 Å². The number of benzene rings is 2. The molecule has 0 atom stereocenters. The van der Waals surface area contributed by atoms with Gasteiger partial charge in [-0.2, -0.15) is 4.99 Å². The van der Waals surface area contributed by atoms with Gasteiger partial charge >= 0.3 is 0 Å². The Kier molecular flexibility index (Phi) is 6.40. The van der Waals surface area contributed by atoms with Crippen molar-refractivity contribution in [1.82, 2.24) is 4.98 Å². The highest BCUT2D eigenvalue weighted by atomic mass is 35.5. The Morgan fingerprint density at radius 2 is 1.70 bits per heavy atom. The highest BCUT2D eigenvalue weighted by Gasteiger charge is 2.09. The number of halogens is 3. The number of hydrogen-bond acceptors (Lipinski definition) is 3. The van der Waals surface area contributed by atoms with Gasteiger partial charge in [0.2, 0.25) is 0 Å². The maximum atomic E-state index is 6.17. The molecule has 138 valence electrons. The van der Waals surface area contributed by atoms with E-state index in [0.29, 0.717) is 32.2 Å². The SMILES string of the molecule is N/C(=N\c1ncccc1OCc1c(Cl)cccc1Cl)Nc1ccc(Cl)cc1. The van der Waals surface area contributed by atoms with Crippen LogP contribution in [0.5, 0.6) is 5.75 Å². The van der Waals surface area contributed by atoms with Gasteiger partial charge in [-0.25, -0.2) is 4.98 Å². The average Bonchev–Trinajstić information content (AvgIpc) is 2.64. The molecule has 0 aliphatic carbocycles. The van der Waals surface area contributed by atoms with Gasteiger partial charge in [-0.1, -0.05) is 40.9 Å². The van der Waals surface area contributed by atoms with Crippen molar-refractivity contribution in [3.8, 4) is 5.75 Å². The second kappa shape index (κ2) is 8.95. The van der Waals surface area contributed by atoms with Crippen LogP contribution in [0.25, 0.3) is 0 Å². The van der Waals surface area contributed by atoms with Crippen LogP contribution >= 0.6 is 34.8 Å². The molecule has 0 amide bonds. The fourth-order valence-electron chi connectivity index (χ4n) is 2.22. The summed E-state index contributed by atoms with van der Waals surface area (Å²) in [6.07, 6.45) is 1.60. The first-order valence-corrected chi connectivity index (χ1v) is 9.04. The van der Waals surface area contributed by atoms with E-state index in [9.17, 15) is 0 Å². The molecule has 3 aromatic rings. The number of rotatable bonds is 5. The van der Waals surface area contributed by atoms with Crippen LogP contribution in [-0.4, -0.2) is 10.9 Å². The molecule has 27 heavy (non-hydrogen) atoms. The number of ether oxygens (including phenoxy) is 1. The van der Waals surface area contributed by atoms with E-state index in [-0.39, 0.29) is 12.6 Å². The molecule has 3 N–H and O–H groups in total. The first-order valence-electron chi connectivity index (χ1n) is 7.90. The minimum atomic E-state index is 0.164. The van der Waals surface area contributed by atoms with Crippen LogP contribution in [0.4, 0.5) is 11.5 Å². The predicted molar refractivity (Wildman–Crippen MR) is 111 cm³/mol. The third-order valence-electron chi connectivity index (χ3n) is 3.53. The molecule has 0 bridgehead atoms. The number of hydrogen-bond donors (Lipinski definition) is 2. The van der Waals surface area contributed by atoms with Crippen LogP contribution in [-0.2, 0) is 6.61 Å². The highest BCUT2D eigenvalue weighted by molar-refractivity contribution is 6.36. The number of nitrogens with two attached hydrogens (primary N) is 1. The summed E-state index contributed by atoms with van der Waals surface area (Å²) in [6, 6.07) is 15.8. The Morgan fingerprint density at radius 3 is 2.41 bits per heavy atom. The third kappa shape index (κ3) is 5.26. The van der Waals surface area contributed by atoms with Crippen LogP contribution in [0.15, 0.2) is 65.8 Å². The zero-order valence-corrected chi connectivity index (χ0v) is 16.3. The molecule has 0 aliphatic heterocycles. The molecular weight excluding hydrogens is 407 g/mol. The second-order valence-electron chi connectivity index (χ2n) is 5.44. The molecule has 0 saturated heterocycles. The van der Waals surface area contributed by atoms with Gasteiger partial charge in [0.1, 0.15) is 6.61 Å². The van der Waals surface area contributed by atoms with Gasteiger partial charge in [-0.05, 0) is 48.5 Å². The van der Waals surface area contributed by atoms with Crippen LogP contribution < -0.4 is 15.8 Å². The van der Waals surface area contributed by atoms with E-state index in [1.807, 2.05) is 0 Å². The second-order valence-corrected chi connectivity index (χ2v) is 6.69. The molecule has 1 heterocycles. The lowest BCUT2D eigenvalue weighted by Gasteiger charge is -2.11. The van der Waals surface area contributed by atoms with Gasteiger partial charge in [0.15, 0.2) is 17.5 Å². The van der Waals surface area contributed by atoms with Crippen molar-refractivity contribution in [2.45, 2.75) is 6.61 Å². The lowest BCUT2D eigenvalue weighted by atomic mass is 10.2. The predicted octanol–water partition coefficient (Wildman–Crippen LogP) is 5.68. The van der Waals surface area contributed by atoms with E-state index < -0.39 is 0 Å². The molecule has 8 heteroatoms. The summed E-state index contributed by atoms with van der Waals surface area (Å²) in [6.45, 7) is 0.178. The molecule has 0 spiro atoms. The molecule has 1 aromatic heterocycles. The Labute approximate surface area is 171 Å². The van der Waals surface area contributed by atoms with Crippen molar-refractivity contribution >= 4 is 52.3 Å². The first-order chi connectivity index (χ1) is 13.0. The Morgan fingerprint density at radius 1 is 1.00 bits per heavy atom. The van der Waals surface area contributed by atoms with Crippen LogP contribution in [0, 0.1) is 0 Å².